The summed E-state index contributed by atoms with van der Waals surface area (Å²) in [5.74, 6) is 1.31. The number of hydrogen-bond acceptors (Lipinski definition) is 4. The molecule has 1 aliphatic heterocycles. The minimum atomic E-state index is -0.0790. The van der Waals surface area contributed by atoms with Gasteiger partial charge in [-0.25, -0.2) is 0 Å². The zero-order valence-corrected chi connectivity index (χ0v) is 17.7. The lowest BCUT2D eigenvalue weighted by Gasteiger charge is -2.12. The van der Waals surface area contributed by atoms with E-state index >= 15 is 0 Å². The molecule has 2 aromatic carbocycles. The monoisotopic (exact) mass is 422 g/mol. The number of rotatable bonds is 5. The lowest BCUT2D eigenvalue weighted by molar-refractivity contribution is -0.911. The van der Waals surface area contributed by atoms with Gasteiger partial charge in [0.05, 0.1) is 37.6 Å². The molecule has 30 heavy (non-hydrogen) atoms. The van der Waals surface area contributed by atoms with Crippen LogP contribution in [0.25, 0.3) is 16.7 Å². The molecule has 5 rings (SSSR count). The molecule has 0 spiro atoms. The molecule has 0 amide bonds. The van der Waals surface area contributed by atoms with E-state index in [4.69, 9.17) is 22.1 Å². The van der Waals surface area contributed by atoms with E-state index < -0.39 is 0 Å². The van der Waals surface area contributed by atoms with Crippen molar-refractivity contribution in [1.82, 2.24) is 18.7 Å². The highest BCUT2D eigenvalue weighted by Gasteiger charge is 2.20. The van der Waals surface area contributed by atoms with Gasteiger partial charge in [0.25, 0.3) is 5.56 Å². The molecule has 0 unspecified atom stereocenters. The van der Waals surface area contributed by atoms with E-state index in [-0.39, 0.29) is 5.56 Å². The Morgan fingerprint density at radius 2 is 1.83 bits per heavy atom. The number of methoxy groups -OCH3 is 1. The molecule has 0 atom stereocenters. The molecule has 0 aliphatic carbocycles. The molecule has 4 aromatic rings. The second-order valence-corrected chi connectivity index (χ2v) is 8.12. The van der Waals surface area contributed by atoms with Crippen molar-refractivity contribution >= 4 is 28.9 Å². The van der Waals surface area contributed by atoms with Gasteiger partial charge in [0.2, 0.25) is 10.5 Å². The molecule has 0 bridgehead atoms. The van der Waals surface area contributed by atoms with Gasteiger partial charge in [-0.05, 0) is 30.4 Å². The van der Waals surface area contributed by atoms with E-state index in [2.05, 4.69) is 0 Å². The van der Waals surface area contributed by atoms with Gasteiger partial charge < -0.3 is 9.64 Å². The van der Waals surface area contributed by atoms with Gasteiger partial charge in [-0.2, -0.15) is 4.68 Å². The van der Waals surface area contributed by atoms with Crippen molar-refractivity contribution in [2.24, 2.45) is 0 Å². The second kappa shape index (κ2) is 7.70. The third-order valence-electron chi connectivity index (χ3n) is 5.89. The number of nitrogens with one attached hydrogen (secondary N) is 1. The van der Waals surface area contributed by atoms with E-state index in [1.165, 1.54) is 17.7 Å². The maximum Gasteiger partial charge on any atom is 0.263 e. The van der Waals surface area contributed by atoms with Gasteiger partial charge in [0.1, 0.15) is 5.75 Å². The SMILES string of the molecule is COc1ccccc1Cn1c(=O)c2ccccc2n2c(=S)n(C[NH+]3CCCC3)nc12. The minimum Gasteiger partial charge on any atom is -0.496 e. The van der Waals surface area contributed by atoms with Crippen LogP contribution in [0.3, 0.4) is 0 Å². The highest BCUT2D eigenvalue weighted by atomic mass is 32.1. The Labute approximate surface area is 178 Å². The summed E-state index contributed by atoms with van der Waals surface area (Å²) in [6.07, 6.45) is 2.47. The van der Waals surface area contributed by atoms with Crippen molar-refractivity contribution in [3.05, 3.63) is 69.2 Å². The van der Waals surface area contributed by atoms with Crippen molar-refractivity contribution in [1.29, 1.82) is 0 Å². The Morgan fingerprint density at radius 3 is 2.63 bits per heavy atom. The van der Waals surface area contributed by atoms with E-state index in [0.717, 1.165) is 36.6 Å². The summed E-state index contributed by atoms with van der Waals surface area (Å²) >= 11 is 5.82. The Kier molecular flexibility index (Phi) is 4.88. The first-order chi connectivity index (χ1) is 14.7. The van der Waals surface area contributed by atoms with E-state index in [9.17, 15) is 4.79 Å². The number of nitrogens with zero attached hydrogens (tertiary/aromatic N) is 4. The molecule has 1 aliphatic rings. The zero-order valence-electron chi connectivity index (χ0n) is 16.9. The standard InChI is InChI=1S/C22H23N5O2S/c1-29-19-11-5-2-8-16(19)14-25-20(28)17-9-3-4-10-18(17)27-21(25)23-26(22(27)30)15-24-12-6-7-13-24/h2-5,8-11H,6-7,12-15H2,1H3/p+1. The maximum atomic E-state index is 13.4. The fraction of sp³-hybridized carbons (Fsp3) is 0.318. The average Bonchev–Trinajstić information content (AvgIpc) is 3.40. The molecule has 1 N–H and O–H groups in total. The average molecular weight is 423 g/mol. The minimum absolute atomic E-state index is 0.0790. The first kappa shape index (κ1) is 19.0. The second-order valence-electron chi connectivity index (χ2n) is 7.75. The van der Waals surface area contributed by atoms with Crippen molar-refractivity contribution < 1.29 is 9.64 Å². The van der Waals surface area contributed by atoms with Crippen LogP contribution in [-0.2, 0) is 13.2 Å². The largest absolute Gasteiger partial charge is 0.496 e. The van der Waals surface area contributed by atoms with Crippen molar-refractivity contribution in [3.8, 4) is 5.75 Å². The Morgan fingerprint density at radius 1 is 1.10 bits per heavy atom. The van der Waals surface area contributed by atoms with Crippen LogP contribution in [0.2, 0.25) is 0 Å². The molecule has 1 saturated heterocycles. The highest BCUT2D eigenvalue weighted by molar-refractivity contribution is 7.71. The van der Waals surface area contributed by atoms with Gasteiger partial charge >= 0.3 is 0 Å². The van der Waals surface area contributed by atoms with E-state index in [0.29, 0.717) is 22.5 Å². The Bertz CT molecular complexity index is 1350. The topological polar surface area (TPSA) is 57.9 Å². The fourth-order valence-corrected chi connectivity index (χ4v) is 4.65. The van der Waals surface area contributed by atoms with Gasteiger partial charge in [0.15, 0.2) is 6.67 Å². The number of ether oxygens (including phenoxy) is 1. The maximum absolute atomic E-state index is 13.4. The molecule has 7 nitrogen and oxygen atoms in total. The normalized spacial score (nSPS) is 14.7. The van der Waals surface area contributed by atoms with Crippen molar-refractivity contribution in [3.63, 3.8) is 0 Å². The predicted octanol–water partition coefficient (Wildman–Crippen LogP) is 1.87. The predicted molar refractivity (Wildman–Crippen MR) is 118 cm³/mol. The van der Waals surface area contributed by atoms with Crippen LogP contribution in [-0.4, -0.2) is 38.9 Å². The molecular formula is C22H24N5O2S+. The Balaban J connectivity index is 1.75. The molecule has 1 fully saturated rings. The van der Waals surface area contributed by atoms with Crippen LogP contribution in [0.5, 0.6) is 5.75 Å². The lowest BCUT2D eigenvalue weighted by atomic mass is 10.2. The summed E-state index contributed by atoms with van der Waals surface area (Å²) in [5.41, 5.74) is 1.64. The first-order valence-corrected chi connectivity index (χ1v) is 10.6. The van der Waals surface area contributed by atoms with Gasteiger partial charge in [-0.3, -0.25) is 13.8 Å². The molecule has 8 heteroatoms. The zero-order chi connectivity index (χ0) is 20.7. The quantitative estimate of drug-likeness (QED) is 0.499. The third kappa shape index (κ3) is 3.12. The van der Waals surface area contributed by atoms with Crippen molar-refractivity contribution in [2.45, 2.75) is 26.1 Å². The molecule has 154 valence electrons. The van der Waals surface area contributed by atoms with Crippen LogP contribution < -0.4 is 15.2 Å². The molecular weight excluding hydrogens is 398 g/mol. The number of benzene rings is 2. The molecule has 0 saturated carbocycles. The van der Waals surface area contributed by atoms with Crippen LogP contribution in [0, 0.1) is 4.77 Å². The number of likely N-dealkylation sites (tertiary alicyclic amines) is 1. The molecule has 0 radical (unpaired) electrons. The highest BCUT2D eigenvalue weighted by Crippen LogP contribution is 2.20. The van der Waals surface area contributed by atoms with Crippen LogP contribution in [0.1, 0.15) is 18.4 Å². The summed E-state index contributed by atoms with van der Waals surface area (Å²) in [5, 5.41) is 5.44. The van der Waals surface area contributed by atoms with E-state index in [1.54, 1.807) is 11.7 Å². The summed E-state index contributed by atoms with van der Waals surface area (Å²) in [6.45, 7) is 3.34. The number of para-hydroxylation sites is 2. The number of quaternary nitrogens is 1. The van der Waals surface area contributed by atoms with Gasteiger partial charge in [-0.15, -0.1) is 5.10 Å². The number of fused-ring (bicyclic) bond motifs is 3. The van der Waals surface area contributed by atoms with Crippen molar-refractivity contribution in [2.75, 3.05) is 20.2 Å². The fourth-order valence-electron chi connectivity index (χ4n) is 4.36. The summed E-state index contributed by atoms with van der Waals surface area (Å²) in [7, 11) is 1.64. The Hall–Kier alpha value is -2.97. The third-order valence-corrected chi connectivity index (χ3v) is 6.28. The first-order valence-electron chi connectivity index (χ1n) is 10.2. The summed E-state index contributed by atoms with van der Waals surface area (Å²) < 4.78 is 11.6. The van der Waals surface area contributed by atoms with Gasteiger partial charge in [0, 0.05) is 18.4 Å². The number of hydrogen-bond donors (Lipinski definition) is 1. The van der Waals surface area contributed by atoms with Gasteiger partial charge in [-0.1, -0.05) is 30.3 Å². The van der Waals surface area contributed by atoms with E-state index in [1.807, 2.05) is 57.6 Å². The van der Waals surface area contributed by atoms with Crippen LogP contribution in [0.15, 0.2) is 53.3 Å². The molecule has 3 heterocycles. The summed E-state index contributed by atoms with van der Waals surface area (Å²) in [6, 6.07) is 15.3. The number of aromatic nitrogens is 4. The summed E-state index contributed by atoms with van der Waals surface area (Å²) in [4.78, 5) is 14.9. The lowest BCUT2D eigenvalue weighted by Crippen LogP contribution is -3.09. The van der Waals surface area contributed by atoms with Crippen LogP contribution in [0.4, 0.5) is 0 Å². The smallest absolute Gasteiger partial charge is 0.263 e. The molecule has 2 aromatic heterocycles. The van der Waals surface area contributed by atoms with Crippen LogP contribution >= 0.6 is 12.2 Å².